The maximum Gasteiger partial charge on any atom is 0.302 e. The highest BCUT2D eigenvalue weighted by Crippen LogP contribution is 2.63. The van der Waals surface area contributed by atoms with Gasteiger partial charge in [0.05, 0.1) is 12.4 Å². The Bertz CT molecular complexity index is 1080. The summed E-state index contributed by atoms with van der Waals surface area (Å²) in [6.07, 6.45) is 3.67. The molecule has 0 saturated heterocycles. The first-order chi connectivity index (χ1) is 15.8. The molecule has 3 unspecified atom stereocenters. The quantitative estimate of drug-likeness (QED) is 0.592. The van der Waals surface area contributed by atoms with Gasteiger partial charge in [-0.1, -0.05) is 13.0 Å². The standard InChI is InChI=1S/C27H30O5S/c1-15(28)32-23-11-10-22-24-20(12-13-27(22,23)2)19-9-6-17(31-3)14-21(19)25(30)26(24)33-18-7-4-16(29)5-8-18/h4-9,14,20,22-24,26,29H,10-13H2,1-3H3/t20?,22?,23-,24?,26-,27-/m0/s1. The van der Waals surface area contributed by atoms with E-state index in [1.54, 1.807) is 31.0 Å². The van der Waals surface area contributed by atoms with Gasteiger partial charge in [-0.3, -0.25) is 9.59 Å². The molecule has 33 heavy (non-hydrogen) atoms. The monoisotopic (exact) mass is 466 g/mol. The van der Waals surface area contributed by atoms with E-state index in [9.17, 15) is 14.7 Å². The van der Waals surface area contributed by atoms with Crippen LogP contribution < -0.4 is 4.74 Å². The Kier molecular flexibility index (Phi) is 5.68. The van der Waals surface area contributed by atoms with Crippen LogP contribution in [0.1, 0.15) is 61.4 Å². The number of methoxy groups -OCH3 is 1. The van der Waals surface area contributed by atoms with E-state index in [0.29, 0.717) is 11.7 Å². The fourth-order valence-corrected chi connectivity index (χ4v) is 8.01. The van der Waals surface area contributed by atoms with Crippen LogP contribution in [0.5, 0.6) is 11.5 Å². The molecule has 2 aromatic rings. The van der Waals surface area contributed by atoms with Gasteiger partial charge in [0.15, 0.2) is 5.78 Å². The van der Waals surface area contributed by atoms with Crippen LogP contribution >= 0.6 is 11.8 Å². The van der Waals surface area contributed by atoms with Crippen LogP contribution in [0.15, 0.2) is 47.4 Å². The van der Waals surface area contributed by atoms with Crippen LogP contribution in [-0.2, 0) is 9.53 Å². The molecule has 6 atom stereocenters. The topological polar surface area (TPSA) is 72.8 Å². The van der Waals surface area contributed by atoms with E-state index in [-0.39, 0.29) is 46.1 Å². The fourth-order valence-electron chi connectivity index (χ4n) is 6.66. The predicted molar refractivity (Wildman–Crippen MR) is 127 cm³/mol. The van der Waals surface area contributed by atoms with Crippen LogP contribution in [0.25, 0.3) is 0 Å². The predicted octanol–water partition coefficient (Wildman–Crippen LogP) is 5.60. The number of hydrogen-bond donors (Lipinski definition) is 1. The molecule has 5 nitrogen and oxygen atoms in total. The maximum atomic E-state index is 14.0. The van der Waals surface area contributed by atoms with Crippen molar-refractivity contribution in [3.8, 4) is 11.5 Å². The number of phenolic OH excluding ortho intramolecular Hbond substituents is 1. The van der Waals surface area contributed by atoms with E-state index in [4.69, 9.17) is 9.47 Å². The van der Waals surface area contributed by atoms with Crippen LogP contribution in [-0.4, -0.2) is 35.3 Å². The molecule has 0 aromatic heterocycles. The minimum Gasteiger partial charge on any atom is -0.508 e. The smallest absolute Gasteiger partial charge is 0.302 e. The van der Waals surface area contributed by atoms with Gasteiger partial charge in [0.1, 0.15) is 17.6 Å². The second kappa shape index (κ2) is 8.39. The van der Waals surface area contributed by atoms with E-state index in [2.05, 4.69) is 13.0 Å². The van der Waals surface area contributed by atoms with Crippen molar-refractivity contribution >= 4 is 23.5 Å². The molecule has 1 N–H and O–H groups in total. The molecule has 174 valence electrons. The fraction of sp³-hybridized carbons (Fsp3) is 0.481. The lowest BCUT2D eigenvalue weighted by Gasteiger charge is -2.52. The molecule has 2 saturated carbocycles. The van der Waals surface area contributed by atoms with Gasteiger partial charge < -0.3 is 14.6 Å². The summed E-state index contributed by atoms with van der Waals surface area (Å²) in [7, 11) is 1.63. The number of Topliss-reactive ketones (excluding diaryl/α,β-unsaturated/α-hetero) is 1. The lowest BCUT2D eigenvalue weighted by molar-refractivity contribution is -0.154. The van der Waals surface area contributed by atoms with Crippen molar-refractivity contribution in [2.75, 3.05) is 7.11 Å². The Morgan fingerprint density at radius 2 is 1.88 bits per heavy atom. The Hall–Kier alpha value is -2.47. The highest BCUT2D eigenvalue weighted by molar-refractivity contribution is 8.00. The van der Waals surface area contributed by atoms with E-state index >= 15 is 0 Å². The molecule has 3 aliphatic rings. The van der Waals surface area contributed by atoms with Crippen LogP contribution in [0, 0.1) is 17.3 Å². The minimum absolute atomic E-state index is 0.0901. The first kappa shape index (κ1) is 22.3. The largest absolute Gasteiger partial charge is 0.508 e. The summed E-state index contributed by atoms with van der Waals surface area (Å²) < 4.78 is 11.2. The van der Waals surface area contributed by atoms with Gasteiger partial charge in [-0.05, 0) is 85.4 Å². The number of rotatable bonds is 4. The number of ether oxygens (including phenoxy) is 2. The lowest BCUT2D eigenvalue weighted by atomic mass is 9.55. The number of hydrogen-bond acceptors (Lipinski definition) is 6. The molecular formula is C27H30O5S. The van der Waals surface area contributed by atoms with Gasteiger partial charge >= 0.3 is 5.97 Å². The molecular weight excluding hydrogens is 436 g/mol. The molecule has 0 radical (unpaired) electrons. The molecule has 2 fully saturated rings. The van der Waals surface area contributed by atoms with Gasteiger partial charge in [0.25, 0.3) is 0 Å². The first-order valence-electron chi connectivity index (χ1n) is 11.7. The molecule has 0 bridgehead atoms. The zero-order valence-corrected chi connectivity index (χ0v) is 20.1. The van der Waals surface area contributed by atoms with Crippen molar-refractivity contribution < 1.29 is 24.2 Å². The van der Waals surface area contributed by atoms with Crippen LogP contribution in [0.3, 0.4) is 0 Å². The number of phenols is 1. The van der Waals surface area contributed by atoms with Crippen LogP contribution in [0.4, 0.5) is 0 Å². The number of carbonyl (C=O) groups excluding carboxylic acids is 2. The molecule has 0 heterocycles. The Morgan fingerprint density at radius 1 is 1.12 bits per heavy atom. The Labute approximate surface area is 198 Å². The summed E-state index contributed by atoms with van der Waals surface area (Å²) >= 11 is 1.60. The zero-order chi connectivity index (χ0) is 23.3. The minimum atomic E-state index is -0.236. The molecule has 0 amide bonds. The lowest BCUT2D eigenvalue weighted by Crippen LogP contribution is -2.50. The molecule has 2 aromatic carbocycles. The summed E-state index contributed by atoms with van der Waals surface area (Å²) in [5.74, 6) is 1.58. The highest BCUT2D eigenvalue weighted by atomic mass is 32.2. The molecule has 5 rings (SSSR count). The summed E-state index contributed by atoms with van der Waals surface area (Å²) in [6, 6.07) is 13.0. The van der Waals surface area contributed by atoms with Gasteiger partial charge in [-0.15, -0.1) is 11.8 Å². The average molecular weight is 467 g/mol. The van der Waals surface area contributed by atoms with Gasteiger partial charge in [0, 0.05) is 22.8 Å². The third-order valence-corrected chi connectivity index (χ3v) is 9.51. The van der Waals surface area contributed by atoms with Crippen molar-refractivity contribution in [2.24, 2.45) is 17.3 Å². The zero-order valence-electron chi connectivity index (χ0n) is 19.2. The molecule has 0 spiro atoms. The number of benzene rings is 2. The van der Waals surface area contributed by atoms with Gasteiger partial charge in [0.2, 0.25) is 0 Å². The number of thioether (sulfide) groups is 1. The van der Waals surface area contributed by atoms with E-state index in [0.717, 1.165) is 41.7 Å². The van der Waals surface area contributed by atoms with Crippen molar-refractivity contribution in [1.82, 2.24) is 0 Å². The number of aromatic hydroxyl groups is 1. The molecule has 0 aliphatic heterocycles. The number of fused-ring (bicyclic) bond motifs is 5. The van der Waals surface area contributed by atoms with E-state index in [1.165, 1.54) is 6.92 Å². The summed E-state index contributed by atoms with van der Waals surface area (Å²) in [5.41, 5.74) is 1.78. The Balaban J connectivity index is 1.57. The number of esters is 1. The second-order valence-electron chi connectivity index (χ2n) is 9.86. The molecule has 6 heteroatoms. The molecule has 3 aliphatic carbocycles. The van der Waals surface area contributed by atoms with Gasteiger partial charge in [-0.2, -0.15) is 0 Å². The van der Waals surface area contributed by atoms with Crippen molar-refractivity contribution in [3.63, 3.8) is 0 Å². The van der Waals surface area contributed by atoms with Crippen molar-refractivity contribution in [1.29, 1.82) is 0 Å². The third kappa shape index (κ3) is 3.72. The average Bonchev–Trinajstić information content (AvgIpc) is 3.12. The SMILES string of the molecule is COc1ccc2c(c1)C(=O)[C@@H](Sc1ccc(O)cc1)C1C2CC[C@@]2(C)C1CC[C@@H]2OC(C)=O. The number of carbonyl (C=O) groups is 2. The van der Waals surface area contributed by atoms with Crippen molar-refractivity contribution in [3.05, 3.63) is 53.6 Å². The normalized spacial score (nSPS) is 32.5. The van der Waals surface area contributed by atoms with Gasteiger partial charge in [-0.25, -0.2) is 0 Å². The van der Waals surface area contributed by atoms with Crippen molar-refractivity contribution in [2.45, 2.75) is 61.7 Å². The summed E-state index contributed by atoms with van der Waals surface area (Å²) in [6.45, 7) is 3.74. The Morgan fingerprint density at radius 3 is 2.58 bits per heavy atom. The first-order valence-corrected chi connectivity index (χ1v) is 12.5. The third-order valence-electron chi connectivity index (χ3n) is 8.19. The van der Waals surface area contributed by atoms with E-state index < -0.39 is 0 Å². The summed E-state index contributed by atoms with van der Waals surface area (Å²) in [5, 5.41) is 9.48. The summed E-state index contributed by atoms with van der Waals surface area (Å²) in [4.78, 5) is 26.7. The van der Waals surface area contributed by atoms with E-state index in [1.807, 2.05) is 24.3 Å². The van der Waals surface area contributed by atoms with Crippen LogP contribution in [0.2, 0.25) is 0 Å². The second-order valence-corrected chi connectivity index (χ2v) is 11.1. The highest BCUT2D eigenvalue weighted by Gasteiger charge is 2.59. The maximum absolute atomic E-state index is 14.0. The number of ketones is 1.